The highest BCUT2D eigenvalue weighted by molar-refractivity contribution is 9.10. The van der Waals surface area contributed by atoms with Gasteiger partial charge in [0.25, 0.3) is 0 Å². The molecular formula is C27H22BrF3N4O6. The summed E-state index contributed by atoms with van der Waals surface area (Å²) in [5, 5.41) is 23.7. The van der Waals surface area contributed by atoms with Gasteiger partial charge in [0.05, 0.1) is 35.6 Å². The molecule has 0 saturated carbocycles. The van der Waals surface area contributed by atoms with Crippen LogP contribution < -0.4 is 20.1 Å². The van der Waals surface area contributed by atoms with E-state index in [0.29, 0.717) is 11.4 Å². The van der Waals surface area contributed by atoms with E-state index in [1.807, 2.05) is 12.1 Å². The molecule has 0 aliphatic rings. The zero-order valence-corrected chi connectivity index (χ0v) is 22.9. The number of carbonyl (C=O) groups is 2. The van der Waals surface area contributed by atoms with Gasteiger partial charge in [0.1, 0.15) is 22.8 Å². The summed E-state index contributed by atoms with van der Waals surface area (Å²) in [6.07, 6.45) is -1.74. The first kappa shape index (κ1) is 30.7. The van der Waals surface area contributed by atoms with Crippen molar-refractivity contribution in [1.29, 1.82) is 0 Å². The first-order chi connectivity index (χ1) is 19.5. The number of carboxylic acid groups (broad SMARTS) is 2. The van der Waals surface area contributed by atoms with E-state index in [1.54, 1.807) is 19.2 Å². The van der Waals surface area contributed by atoms with Gasteiger partial charge in [-0.15, -0.1) is 0 Å². The van der Waals surface area contributed by atoms with Gasteiger partial charge in [0.2, 0.25) is 0 Å². The quantitative estimate of drug-likeness (QED) is 0.162. The summed E-state index contributed by atoms with van der Waals surface area (Å²) in [6, 6.07) is 14.6. The standard InChI is InChI=1S/C14H11F3N2O3.C13H11BrN2O3/c1-22-11-9(14(15,16)17)5-2-6-10(11)19-12-8(13(20)21)4-3-7-18-12;1-19-11-9(14)5-2-6-10(11)16-12-8(13(17)18)4-3-7-15-12/h2-7H,1H3,(H,18,19)(H,20,21);2-7H,1H3,(H,15,16)(H,17,18). The number of rotatable bonds is 8. The van der Waals surface area contributed by atoms with Gasteiger partial charge < -0.3 is 30.3 Å². The maximum absolute atomic E-state index is 12.9. The Morgan fingerprint density at radius 1 is 0.756 bits per heavy atom. The van der Waals surface area contributed by atoms with Crippen LogP contribution in [0.1, 0.15) is 26.3 Å². The van der Waals surface area contributed by atoms with Crippen molar-refractivity contribution < 1.29 is 42.4 Å². The minimum atomic E-state index is -4.59. The predicted octanol–water partition coefficient (Wildman–Crippen LogP) is 6.85. The monoisotopic (exact) mass is 634 g/mol. The number of nitrogens with one attached hydrogen (secondary N) is 2. The minimum absolute atomic E-state index is 0.0291. The first-order valence-corrected chi connectivity index (χ1v) is 12.2. The molecule has 4 rings (SSSR count). The van der Waals surface area contributed by atoms with Crippen molar-refractivity contribution in [2.75, 3.05) is 24.9 Å². The van der Waals surface area contributed by atoms with E-state index in [4.69, 9.17) is 19.7 Å². The molecule has 14 heteroatoms. The zero-order chi connectivity index (χ0) is 30.2. The highest BCUT2D eigenvalue weighted by Gasteiger charge is 2.35. The average molecular weight is 635 g/mol. The number of nitrogens with zero attached hydrogens (tertiary/aromatic N) is 2. The van der Waals surface area contributed by atoms with Crippen LogP contribution in [-0.2, 0) is 6.18 Å². The van der Waals surface area contributed by atoms with Gasteiger partial charge >= 0.3 is 18.1 Å². The van der Waals surface area contributed by atoms with Crippen LogP contribution in [0.3, 0.4) is 0 Å². The summed E-state index contributed by atoms with van der Waals surface area (Å²) < 4.78 is 49.7. The molecule has 2 heterocycles. The highest BCUT2D eigenvalue weighted by Crippen LogP contribution is 2.41. The van der Waals surface area contributed by atoms with Gasteiger partial charge in [0, 0.05) is 12.4 Å². The lowest BCUT2D eigenvalue weighted by molar-refractivity contribution is -0.138. The predicted molar refractivity (Wildman–Crippen MR) is 148 cm³/mol. The number of aromatic carboxylic acids is 2. The smallest absolute Gasteiger partial charge is 0.420 e. The number of ether oxygens (including phenoxy) is 2. The fraction of sp³-hybridized carbons (Fsp3) is 0.111. The maximum Gasteiger partial charge on any atom is 0.420 e. The fourth-order valence-corrected chi connectivity index (χ4v) is 4.03. The Hall–Kier alpha value is -4.85. The van der Waals surface area contributed by atoms with E-state index in [9.17, 15) is 22.8 Å². The summed E-state index contributed by atoms with van der Waals surface area (Å²) in [5.74, 6) is -1.94. The number of benzene rings is 2. The number of pyridine rings is 2. The van der Waals surface area contributed by atoms with Crippen LogP contribution in [-0.4, -0.2) is 46.3 Å². The minimum Gasteiger partial charge on any atom is -0.494 e. The summed E-state index contributed by atoms with van der Waals surface area (Å²) in [6.45, 7) is 0. The lowest BCUT2D eigenvalue weighted by atomic mass is 10.1. The van der Waals surface area contributed by atoms with Crippen LogP contribution in [0.4, 0.5) is 36.2 Å². The Morgan fingerprint density at radius 3 is 1.66 bits per heavy atom. The number of carboxylic acids is 2. The van der Waals surface area contributed by atoms with Crippen LogP contribution in [0.15, 0.2) is 77.5 Å². The molecule has 0 unspecified atom stereocenters. The van der Waals surface area contributed by atoms with E-state index in [0.717, 1.165) is 17.6 Å². The van der Waals surface area contributed by atoms with Crippen LogP contribution in [0.2, 0.25) is 0 Å². The molecule has 4 N–H and O–H groups in total. The van der Waals surface area contributed by atoms with E-state index >= 15 is 0 Å². The van der Waals surface area contributed by atoms with Crippen LogP contribution in [0.25, 0.3) is 0 Å². The van der Waals surface area contributed by atoms with E-state index < -0.39 is 29.4 Å². The Balaban J connectivity index is 0.000000228. The number of alkyl halides is 3. The lowest BCUT2D eigenvalue weighted by Gasteiger charge is -2.17. The van der Waals surface area contributed by atoms with Crippen molar-refractivity contribution in [3.8, 4) is 11.5 Å². The molecule has 0 spiro atoms. The second kappa shape index (κ2) is 13.5. The van der Waals surface area contributed by atoms with Crippen molar-refractivity contribution in [3.63, 3.8) is 0 Å². The summed E-state index contributed by atoms with van der Waals surface area (Å²) in [7, 11) is 2.65. The summed E-state index contributed by atoms with van der Waals surface area (Å²) >= 11 is 3.37. The number of aromatic nitrogens is 2. The van der Waals surface area contributed by atoms with E-state index in [-0.39, 0.29) is 28.5 Å². The van der Waals surface area contributed by atoms with Crippen molar-refractivity contribution in [2.24, 2.45) is 0 Å². The van der Waals surface area contributed by atoms with Crippen LogP contribution >= 0.6 is 15.9 Å². The van der Waals surface area contributed by atoms with Crippen LogP contribution in [0.5, 0.6) is 11.5 Å². The lowest BCUT2D eigenvalue weighted by Crippen LogP contribution is -2.10. The Morgan fingerprint density at radius 2 is 1.22 bits per heavy atom. The van der Waals surface area contributed by atoms with Gasteiger partial charge in [-0.1, -0.05) is 12.1 Å². The Bertz CT molecular complexity index is 1550. The van der Waals surface area contributed by atoms with Crippen molar-refractivity contribution in [1.82, 2.24) is 9.97 Å². The van der Waals surface area contributed by atoms with Gasteiger partial charge in [-0.25, -0.2) is 19.6 Å². The number of para-hydroxylation sites is 2. The highest BCUT2D eigenvalue weighted by atomic mass is 79.9. The second-order valence-electron chi connectivity index (χ2n) is 7.86. The zero-order valence-electron chi connectivity index (χ0n) is 21.4. The van der Waals surface area contributed by atoms with E-state index in [2.05, 4.69) is 36.5 Å². The number of hydrogen-bond donors (Lipinski definition) is 4. The molecule has 0 amide bonds. The molecule has 0 radical (unpaired) electrons. The molecule has 41 heavy (non-hydrogen) atoms. The molecule has 2 aromatic heterocycles. The normalized spacial score (nSPS) is 10.6. The van der Waals surface area contributed by atoms with Gasteiger partial charge in [-0.05, 0) is 64.5 Å². The average Bonchev–Trinajstić information content (AvgIpc) is 2.93. The number of anilines is 4. The molecule has 0 aliphatic carbocycles. The molecule has 0 bridgehead atoms. The molecule has 2 aromatic carbocycles. The molecule has 0 fully saturated rings. The van der Waals surface area contributed by atoms with Crippen molar-refractivity contribution >= 4 is 50.9 Å². The molecule has 0 aliphatic heterocycles. The van der Waals surface area contributed by atoms with Crippen molar-refractivity contribution in [3.05, 3.63) is 94.2 Å². The molecule has 0 atom stereocenters. The first-order valence-electron chi connectivity index (χ1n) is 11.4. The Kier molecular flexibility index (Phi) is 10.1. The summed E-state index contributed by atoms with van der Waals surface area (Å²) in [5.41, 5.74) is -0.420. The molecule has 4 aromatic rings. The largest absolute Gasteiger partial charge is 0.494 e. The summed E-state index contributed by atoms with van der Waals surface area (Å²) in [4.78, 5) is 30.1. The number of hydrogen-bond acceptors (Lipinski definition) is 8. The molecular weight excluding hydrogens is 613 g/mol. The Labute approximate surface area is 239 Å². The van der Waals surface area contributed by atoms with Crippen molar-refractivity contribution in [2.45, 2.75) is 6.18 Å². The number of methoxy groups -OCH3 is 2. The maximum atomic E-state index is 12.9. The topological polar surface area (TPSA) is 143 Å². The van der Waals surface area contributed by atoms with Gasteiger partial charge in [-0.2, -0.15) is 13.2 Å². The third-order valence-electron chi connectivity index (χ3n) is 5.28. The van der Waals surface area contributed by atoms with Gasteiger partial charge in [0.15, 0.2) is 11.5 Å². The van der Waals surface area contributed by atoms with Crippen LogP contribution in [0, 0.1) is 0 Å². The number of halogens is 4. The van der Waals surface area contributed by atoms with E-state index in [1.165, 1.54) is 42.7 Å². The van der Waals surface area contributed by atoms with Gasteiger partial charge in [-0.3, -0.25) is 0 Å². The third-order valence-corrected chi connectivity index (χ3v) is 5.90. The molecule has 10 nitrogen and oxygen atoms in total. The SMILES string of the molecule is COc1c(Br)cccc1Nc1ncccc1C(=O)O.COc1c(Nc2ncccc2C(=O)O)cccc1C(F)(F)F. The second-order valence-corrected chi connectivity index (χ2v) is 8.72. The molecule has 0 saturated heterocycles. The third kappa shape index (κ3) is 7.63. The molecule has 214 valence electrons. The fourth-order valence-electron chi connectivity index (χ4n) is 3.50.